The molecule has 0 saturated heterocycles. The number of aryl methyl sites for hydroxylation is 2. The molecular weight excluding hydrogens is 413 g/mol. The van der Waals surface area contributed by atoms with Crippen LogP contribution in [0, 0.1) is 12.3 Å². The molecule has 0 heterocycles. The van der Waals surface area contributed by atoms with E-state index < -0.39 is 20.8 Å². The Kier molecular flexibility index (Phi) is 8.53. The Balaban J connectivity index is 0.000000307. The molecule has 0 saturated carbocycles. The summed E-state index contributed by atoms with van der Waals surface area (Å²) < 4.78 is 58.8. The second kappa shape index (κ2) is 9.76. The van der Waals surface area contributed by atoms with Crippen LogP contribution < -0.4 is 0 Å². The SMILES string of the molecule is CC(C)(CO)CCc1cccc(C(F)(F)F)c1.Cc1ccc(S(=O)(=O)Cl)cc1. The van der Waals surface area contributed by atoms with Crippen LogP contribution in [0.25, 0.3) is 0 Å². The molecule has 1 N–H and O–H groups in total. The molecule has 0 amide bonds. The number of halogens is 4. The lowest BCUT2D eigenvalue weighted by Gasteiger charge is -2.21. The Morgan fingerprint density at radius 2 is 1.61 bits per heavy atom. The van der Waals surface area contributed by atoms with Gasteiger partial charge in [-0.1, -0.05) is 49.7 Å². The van der Waals surface area contributed by atoms with E-state index in [0.717, 1.165) is 11.6 Å². The van der Waals surface area contributed by atoms with Crippen LogP contribution in [0.1, 0.15) is 37.0 Å². The molecule has 0 bridgehead atoms. The smallest absolute Gasteiger partial charge is 0.396 e. The molecule has 0 unspecified atom stereocenters. The van der Waals surface area contributed by atoms with E-state index >= 15 is 0 Å². The summed E-state index contributed by atoms with van der Waals surface area (Å²) in [6.45, 7) is 5.69. The van der Waals surface area contributed by atoms with Gasteiger partial charge in [0.05, 0.1) is 10.5 Å². The van der Waals surface area contributed by atoms with Gasteiger partial charge in [0.25, 0.3) is 9.05 Å². The van der Waals surface area contributed by atoms with Gasteiger partial charge in [0.2, 0.25) is 0 Å². The fourth-order valence-electron chi connectivity index (χ4n) is 2.17. The Hall–Kier alpha value is -1.57. The van der Waals surface area contributed by atoms with Crippen LogP contribution in [-0.4, -0.2) is 20.1 Å². The Labute approximate surface area is 168 Å². The summed E-state index contributed by atoms with van der Waals surface area (Å²) in [5, 5.41) is 9.08. The number of aliphatic hydroxyl groups excluding tert-OH is 1. The molecule has 0 aliphatic carbocycles. The maximum atomic E-state index is 12.5. The fourth-order valence-corrected chi connectivity index (χ4v) is 2.94. The van der Waals surface area contributed by atoms with Gasteiger partial charge < -0.3 is 5.11 Å². The standard InChI is InChI=1S/C13H17F3O.C7H7ClO2S/c1-12(2,9-17)7-6-10-4-3-5-11(8-10)13(14,15)16;1-6-2-4-7(5-3-6)11(8,9)10/h3-5,8,17H,6-7,9H2,1-2H3;2-5H,1H3. The molecule has 2 aromatic carbocycles. The molecule has 3 nitrogen and oxygen atoms in total. The lowest BCUT2D eigenvalue weighted by Crippen LogP contribution is -2.17. The Morgan fingerprint density at radius 3 is 2.07 bits per heavy atom. The van der Waals surface area contributed by atoms with E-state index in [1.165, 1.54) is 24.3 Å². The third kappa shape index (κ3) is 8.63. The van der Waals surface area contributed by atoms with Crippen LogP contribution in [0.2, 0.25) is 0 Å². The number of hydrogen-bond acceptors (Lipinski definition) is 3. The first-order chi connectivity index (χ1) is 12.7. The van der Waals surface area contributed by atoms with E-state index in [0.29, 0.717) is 18.4 Å². The third-order valence-corrected chi connectivity index (χ3v) is 5.45. The molecule has 28 heavy (non-hydrogen) atoms. The summed E-state index contributed by atoms with van der Waals surface area (Å²) >= 11 is 0. The molecule has 0 aromatic heterocycles. The van der Waals surface area contributed by atoms with Gasteiger partial charge in [-0.05, 0) is 48.9 Å². The van der Waals surface area contributed by atoms with E-state index in [4.69, 9.17) is 15.8 Å². The van der Waals surface area contributed by atoms with Crippen molar-refractivity contribution in [2.45, 2.75) is 44.7 Å². The van der Waals surface area contributed by atoms with Crippen molar-refractivity contribution in [2.75, 3.05) is 6.61 Å². The summed E-state index contributed by atoms with van der Waals surface area (Å²) in [6, 6.07) is 11.7. The van der Waals surface area contributed by atoms with E-state index in [1.807, 2.05) is 20.8 Å². The maximum absolute atomic E-state index is 12.5. The molecule has 0 aliphatic rings. The summed E-state index contributed by atoms with van der Waals surface area (Å²) in [5.74, 6) is 0. The zero-order valence-electron chi connectivity index (χ0n) is 15.9. The van der Waals surface area contributed by atoms with Crippen molar-refractivity contribution in [3.63, 3.8) is 0 Å². The summed E-state index contributed by atoms with van der Waals surface area (Å²) in [4.78, 5) is 0.143. The monoisotopic (exact) mass is 436 g/mol. The highest BCUT2D eigenvalue weighted by Gasteiger charge is 2.30. The van der Waals surface area contributed by atoms with E-state index in [9.17, 15) is 21.6 Å². The predicted molar refractivity (Wildman–Crippen MR) is 105 cm³/mol. The molecule has 0 atom stereocenters. The lowest BCUT2D eigenvalue weighted by molar-refractivity contribution is -0.137. The van der Waals surface area contributed by atoms with Crippen molar-refractivity contribution >= 4 is 19.7 Å². The minimum Gasteiger partial charge on any atom is -0.396 e. The number of benzene rings is 2. The van der Waals surface area contributed by atoms with E-state index in [-0.39, 0.29) is 16.9 Å². The molecule has 8 heteroatoms. The van der Waals surface area contributed by atoms with Gasteiger partial charge in [-0.15, -0.1) is 0 Å². The highest BCUT2D eigenvalue weighted by atomic mass is 35.7. The highest BCUT2D eigenvalue weighted by molar-refractivity contribution is 8.13. The largest absolute Gasteiger partial charge is 0.416 e. The van der Waals surface area contributed by atoms with Gasteiger partial charge in [0, 0.05) is 17.3 Å². The van der Waals surface area contributed by atoms with Crippen molar-refractivity contribution in [1.29, 1.82) is 0 Å². The first-order valence-corrected chi connectivity index (χ1v) is 10.8. The average Bonchev–Trinajstić information content (AvgIpc) is 2.60. The quantitative estimate of drug-likeness (QED) is 0.622. The van der Waals surface area contributed by atoms with Crippen LogP contribution >= 0.6 is 10.7 Å². The third-order valence-electron chi connectivity index (χ3n) is 4.08. The maximum Gasteiger partial charge on any atom is 0.416 e. The molecule has 0 spiro atoms. The zero-order chi connectivity index (χ0) is 21.6. The van der Waals surface area contributed by atoms with Crippen LogP contribution in [0.15, 0.2) is 53.4 Å². The molecule has 0 fully saturated rings. The first kappa shape index (κ1) is 24.5. The van der Waals surface area contributed by atoms with Gasteiger partial charge in [-0.25, -0.2) is 8.42 Å². The van der Waals surface area contributed by atoms with Crippen molar-refractivity contribution < 1.29 is 26.7 Å². The normalized spacial score (nSPS) is 12.3. The van der Waals surface area contributed by atoms with Gasteiger partial charge in [0.1, 0.15) is 0 Å². The van der Waals surface area contributed by atoms with Gasteiger partial charge in [-0.3, -0.25) is 0 Å². The topological polar surface area (TPSA) is 54.4 Å². The van der Waals surface area contributed by atoms with Crippen LogP contribution in [0.3, 0.4) is 0 Å². The first-order valence-electron chi connectivity index (χ1n) is 8.53. The summed E-state index contributed by atoms with van der Waals surface area (Å²) in [5.41, 5.74) is 0.793. The number of hydrogen-bond donors (Lipinski definition) is 1. The number of rotatable bonds is 5. The zero-order valence-corrected chi connectivity index (χ0v) is 17.5. The molecule has 156 valence electrons. The van der Waals surface area contributed by atoms with Crippen LogP contribution in [0.5, 0.6) is 0 Å². The molecule has 0 aliphatic heterocycles. The lowest BCUT2D eigenvalue weighted by atomic mass is 9.87. The predicted octanol–water partition coefficient (Wildman–Crippen LogP) is 5.58. The number of alkyl halides is 3. The van der Waals surface area contributed by atoms with Crippen molar-refractivity contribution in [3.05, 3.63) is 65.2 Å². The number of aliphatic hydroxyl groups is 1. The van der Waals surface area contributed by atoms with Crippen LogP contribution in [-0.2, 0) is 21.6 Å². The van der Waals surface area contributed by atoms with Crippen LogP contribution in [0.4, 0.5) is 13.2 Å². The molecular formula is C20H24ClF3O3S. The van der Waals surface area contributed by atoms with E-state index in [2.05, 4.69) is 0 Å². The molecule has 0 radical (unpaired) electrons. The molecule has 2 rings (SSSR count). The Bertz CT molecular complexity index is 861. The minimum absolute atomic E-state index is 0.0337. The van der Waals surface area contributed by atoms with Gasteiger partial charge in [0.15, 0.2) is 0 Å². The fraction of sp³-hybridized carbons (Fsp3) is 0.400. The minimum atomic E-state index is -4.29. The van der Waals surface area contributed by atoms with Gasteiger partial charge in [-0.2, -0.15) is 13.2 Å². The van der Waals surface area contributed by atoms with Crippen molar-refractivity contribution in [3.8, 4) is 0 Å². The van der Waals surface area contributed by atoms with Gasteiger partial charge >= 0.3 is 6.18 Å². The summed E-state index contributed by atoms with van der Waals surface area (Å²) in [7, 11) is 1.54. The second-order valence-electron chi connectivity index (χ2n) is 7.27. The summed E-state index contributed by atoms with van der Waals surface area (Å²) in [6.07, 6.45) is -3.09. The Morgan fingerprint density at radius 1 is 1.04 bits per heavy atom. The van der Waals surface area contributed by atoms with Crippen molar-refractivity contribution in [1.82, 2.24) is 0 Å². The van der Waals surface area contributed by atoms with Crippen molar-refractivity contribution in [2.24, 2.45) is 5.41 Å². The average molecular weight is 437 g/mol. The van der Waals surface area contributed by atoms with E-state index in [1.54, 1.807) is 18.2 Å². The molecule has 2 aromatic rings. The highest BCUT2D eigenvalue weighted by Crippen LogP contribution is 2.30. The second-order valence-corrected chi connectivity index (χ2v) is 9.84.